The van der Waals surface area contributed by atoms with Gasteiger partial charge in [-0.3, -0.25) is 4.79 Å². The average Bonchev–Trinajstić information content (AvgIpc) is 2.02. The Morgan fingerprint density at radius 1 is 1.00 bits per heavy atom. The van der Waals surface area contributed by atoms with E-state index in [0.29, 0.717) is 12.2 Å². The van der Waals surface area contributed by atoms with Crippen molar-refractivity contribution in [3.05, 3.63) is 12.2 Å². The van der Waals surface area contributed by atoms with Crippen molar-refractivity contribution in [2.75, 3.05) is 5.88 Å². The van der Waals surface area contributed by atoms with Gasteiger partial charge in [0, 0.05) is 12.2 Å². The van der Waals surface area contributed by atoms with E-state index in [2.05, 4.69) is 0 Å². The summed E-state index contributed by atoms with van der Waals surface area (Å²) in [5, 5.41) is 23.2. The molecule has 0 aromatic carbocycles. The lowest BCUT2D eigenvalue weighted by atomic mass is 10.5. The van der Waals surface area contributed by atoms with Crippen LogP contribution in [-0.2, 0) is 14.4 Å². The number of rotatable bonds is 3. The van der Waals surface area contributed by atoms with Crippen molar-refractivity contribution in [1.82, 2.24) is 0 Å². The SMILES string of the molecule is O=C(O)/C=C/C(=O)O.O=C(O)CCl. The average molecular weight is 211 g/mol. The normalized spacial score (nSPS) is 8.69. The summed E-state index contributed by atoms with van der Waals surface area (Å²) in [5.74, 6) is -3.80. The predicted molar refractivity (Wildman–Crippen MR) is 42.8 cm³/mol. The Bertz CT molecular complexity index is 205. The number of hydrogen-bond donors (Lipinski definition) is 3. The van der Waals surface area contributed by atoms with Gasteiger partial charge in [0.05, 0.1) is 0 Å². The molecule has 7 heteroatoms. The molecule has 0 aromatic rings. The lowest BCUT2D eigenvalue weighted by molar-refractivity contribution is -0.134. The molecule has 0 bridgehead atoms. The van der Waals surface area contributed by atoms with Crippen LogP contribution in [-0.4, -0.2) is 39.1 Å². The molecular formula is C6H7ClO6. The highest BCUT2D eigenvalue weighted by Crippen LogP contribution is 1.70. The third-order valence-corrected chi connectivity index (χ3v) is 0.711. The molecule has 0 aliphatic heterocycles. The van der Waals surface area contributed by atoms with Crippen LogP contribution in [0.3, 0.4) is 0 Å². The summed E-state index contributed by atoms with van der Waals surface area (Å²) in [5.41, 5.74) is 0. The molecule has 6 nitrogen and oxygen atoms in total. The Kier molecular flexibility index (Phi) is 9.19. The summed E-state index contributed by atoms with van der Waals surface area (Å²) in [4.78, 5) is 28.3. The molecule has 0 spiro atoms. The molecule has 0 rings (SSSR count). The van der Waals surface area contributed by atoms with Crippen LogP contribution in [0.1, 0.15) is 0 Å². The second-order valence-electron chi connectivity index (χ2n) is 1.54. The number of carboxylic acid groups (broad SMARTS) is 3. The summed E-state index contributed by atoms with van der Waals surface area (Å²) in [6.07, 6.45) is 1.12. The molecule has 0 saturated carbocycles. The minimum absolute atomic E-state index is 0.306. The molecule has 0 atom stereocenters. The van der Waals surface area contributed by atoms with E-state index in [-0.39, 0.29) is 5.88 Å². The Labute approximate surface area is 78.1 Å². The molecule has 0 saturated heterocycles. The van der Waals surface area contributed by atoms with Crippen LogP contribution in [0, 0.1) is 0 Å². The van der Waals surface area contributed by atoms with Crippen molar-refractivity contribution in [2.24, 2.45) is 0 Å². The second-order valence-corrected chi connectivity index (χ2v) is 1.80. The van der Waals surface area contributed by atoms with E-state index in [9.17, 15) is 14.4 Å². The highest BCUT2D eigenvalue weighted by Gasteiger charge is 1.88. The summed E-state index contributed by atoms with van der Waals surface area (Å²) >= 11 is 4.74. The van der Waals surface area contributed by atoms with Gasteiger partial charge >= 0.3 is 17.9 Å². The van der Waals surface area contributed by atoms with Crippen LogP contribution in [0.15, 0.2) is 12.2 Å². The van der Waals surface area contributed by atoms with Gasteiger partial charge in [0.1, 0.15) is 5.88 Å². The first-order valence-electron chi connectivity index (χ1n) is 2.81. The topological polar surface area (TPSA) is 112 Å². The fourth-order valence-corrected chi connectivity index (χ4v) is 0.143. The molecule has 0 aromatic heterocycles. The first-order chi connectivity index (χ1) is 5.90. The second kappa shape index (κ2) is 8.54. The summed E-state index contributed by atoms with van der Waals surface area (Å²) in [6.45, 7) is 0. The molecule has 74 valence electrons. The Balaban J connectivity index is 0. The van der Waals surface area contributed by atoms with Crippen LogP contribution < -0.4 is 0 Å². The van der Waals surface area contributed by atoms with Crippen molar-refractivity contribution in [3.8, 4) is 0 Å². The third-order valence-electron chi connectivity index (χ3n) is 0.483. The van der Waals surface area contributed by atoms with Crippen LogP contribution in [0.4, 0.5) is 0 Å². The van der Waals surface area contributed by atoms with Gasteiger partial charge in [-0.15, -0.1) is 11.6 Å². The zero-order valence-corrected chi connectivity index (χ0v) is 7.06. The zero-order valence-electron chi connectivity index (χ0n) is 6.31. The standard InChI is InChI=1S/C4H4O4.C2H3ClO2/c5-3(6)1-2-4(7)8;3-1-2(4)5/h1-2H,(H,5,6)(H,7,8);1H2,(H,4,5)/b2-1+;. The number of aliphatic carboxylic acids is 3. The fraction of sp³-hybridized carbons (Fsp3) is 0.167. The minimum Gasteiger partial charge on any atom is -0.480 e. The van der Waals surface area contributed by atoms with Crippen LogP contribution >= 0.6 is 11.6 Å². The van der Waals surface area contributed by atoms with Gasteiger partial charge in [-0.1, -0.05) is 0 Å². The lowest BCUT2D eigenvalue weighted by Gasteiger charge is -1.74. The maximum Gasteiger partial charge on any atom is 0.328 e. The maximum absolute atomic E-state index is 9.55. The summed E-state index contributed by atoms with van der Waals surface area (Å²) < 4.78 is 0. The van der Waals surface area contributed by atoms with Crippen molar-refractivity contribution in [2.45, 2.75) is 0 Å². The van der Waals surface area contributed by atoms with Crippen molar-refractivity contribution < 1.29 is 29.7 Å². The molecule has 0 amide bonds. The first-order valence-corrected chi connectivity index (χ1v) is 3.35. The maximum atomic E-state index is 9.55. The molecular weight excluding hydrogens is 204 g/mol. The highest BCUT2D eigenvalue weighted by molar-refractivity contribution is 6.26. The van der Waals surface area contributed by atoms with Crippen LogP contribution in [0.25, 0.3) is 0 Å². The molecule has 0 aliphatic rings. The number of alkyl halides is 1. The summed E-state index contributed by atoms with van der Waals surface area (Å²) in [6, 6.07) is 0. The molecule has 0 aliphatic carbocycles. The van der Waals surface area contributed by atoms with Gasteiger partial charge in [0.2, 0.25) is 0 Å². The van der Waals surface area contributed by atoms with Crippen LogP contribution in [0.5, 0.6) is 0 Å². The van der Waals surface area contributed by atoms with E-state index in [1.165, 1.54) is 0 Å². The Hall–Kier alpha value is -1.56. The molecule has 0 radical (unpaired) electrons. The number of carbonyl (C=O) groups is 3. The highest BCUT2D eigenvalue weighted by atomic mass is 35.5. The molecule has 0 heterocycles. The molecule has 13 heavy (non-hydrogen) atoms. The Morgan fingerprint density at radius 3 is 1.31 bits per heavy atom. The van der Waals surface area contributed by atoms with Crippen molar-refractivity contribution >= 4 is 29.5 Å². The summed E-state index contributed by atoms with van der Waals surface area (Å²) in [7, 11) is 0. The van der Waals surface area contributed by atoms with Gasteiger partial charge in [-0.05, 0) is 0 Å². The van der Waals surface area contributed by atoms with Gasteiger partial charge in [-0.25, -0.2) is 9.59 Å². The largest absolute Gasteiger partial charge is 0.480 e. The Morgan fingerprint density at radius 2 is 1.23 bits per heavy atom. The van der Waals surface area contributed by atoms with E-state index in [1.807, 2.05) is 0 Å². The van der Waals surface area contributed by atoms with Crippen molar-refractivity contribution in [3.63, 3.8) is 0 Å². The van der Waals surface area contributed by atoms with E-state index in [0.717, 1.165) is 0 Å². The van der Waals surface area contributed by atoms with Crippen LogP contribution in [0.2, 0.25) is 0 Å². The predicted octanol–water partition coefficient (Wildman–Crippen LogP) is 0.0216. The zero-order chi connectivity index (χ0) is 10.9. The third kappa shape index (κ3) is 25.1. The smallest absolute Gasteiger partial charge is 0.328 e. The first kappa shape index (κ1) is 14.0. The number of halogens is 1. The molecule has 3 N–H and O–H groups in total. The monoisotopic (exact) mass is 210 g/mol. The van der Waals surface area contributed by atoms with Gasteiger partial charge in [0.25, 0.3) is 0 Å². The van der Waals surface area contributed by atoms with Gasteiger partial charge < -0.3 is 15.3 Å². The number of hydrogen-bond acceptors (Lipinski definition) is 3. The van der Waals surface area contributed by atoms with Gasteiger partial charge in [0.15, 0.2) is 0 Å². The molecule has 0 fully saturated rings. The van der Waals surface area contributed by atoms with Gasteiger partial charge in [-0.2, -0.15) is 0 Å². The lowest BCUT2D eigenvalue weighted by Crippen LogP contribution is -1.92. The number of carboxylic acids is 3. The molecule has 0 unspecified atom stereocenters. The van der Waals surface area contributed by atoms with E-state index >= 15 is 0 Å². The van der Waals surface area contributed by atoms with Crippen molar-refractivity contribution in [1.29, 1.82) is 0 Å². The van der Waals surface area contributed by atoms with E-state index in [1.54, 1.807) is 0 Å². The van der Waals surface area contributed by atoms with E-state index in [4.69, 9.17) is 26.9 Å². The minimum atomic E-state index is -1.26. The quantitative estimate of drug-likeness (QED) is 0.447. The van der Waals surface area contributed by atoms with E-state index < -0.39 is 17.9 Å². The fourth-order valence-electron chi connectivity index (χ4n) is 0.143.